The van der Waals surface area contributed by atoms with Gasteiger partial charge in [-0.1, -0.05) is 183 Å². The first-order chi connectivity index (χ1) is 30.6. The maximum atomic E-state index is 5.10. The second-order valence-corrected chi connectivity index (χ2v) is 16.6. The molecule has 0 saturated carbocycles. The van der Waals surface area contributed by atoms with Crippen LogP contribution in [0.25, 0.3) is 115 Å². The fraction of sp³-hybridized carbons (Fsp3) is 0.0500. The van der Waals surface area contributed by atoms with Gasteiger partial charge in [-0.05, 0) is 141 Å². The van der Waals surface area contributed by atoms with Crippen molar-refractivity contribution in [3.63, 3.8) is 0 Å². The third-order valence-electron chi connectivity index (χ3n) is 13.1. The summed E-state index contributed by atoms with van der Waals surface area (Å²) in [5.74, 6) is 1.07. The van der Waals surface area contributed by atoms with Crippen molar-refractivity contribution in [3.8, 4) is 50.2 Å². The van der Waals surface area contributed by atoms with E-state index in [9.17, 15) is 0 Å². The average molecular weight is 791 g/mol. The molecule has 0 bridgehead atoms. The van der Waals surface area contributed by atoms with E-state index in [2.05, 4.69) is 225 Å². The number of hydrogen-bond donors (Lipinski definition) is 0. The van der Waals surface area contributed by atoms with Gasteiger partial charge < -0.3 is 0 Å². The molecule has 0 N–H and O–H groups in total. The molecule has 12 aromatic rings. The van der Waals surface area contributed by atoms with Crippen LogP contribution in [-0.2, 0) is 6.42 Å². The van der Waals surface area contributed by atoms with Crippen LogP contribution >= 0.6 is 0 Å². The predicted molar refractivity (Wildman–Crippen MR) is 264 cm³/mol. The van der Waals surface area contributed by atoms with E-state index in [1.165, 1.54) is 104 Å². The molecule has 0 atom stereocenters. The van der Waals surface area contributed by atoms with Crippen molar-refractivity contribution in [2.45, 2.75) is 20.3 Å². The summed E-state index contributed by atoms with van der Waals surface area (Å²) in [4.78, 5) is 5.10. The zero-order chi connectivity index (χ0) is 41.3. The van der Waals surface area contributed by atoms with Crippen molar-refractivity contribution in [3.05, 3.63) is 218 Å². The van der Waals surface area contributed by atoms with Crippen molar-refractivity contribution < 1.29 is 0 Å². The monoisotopic (exact) mass is 790 g/mol. The van der Waals surface area contributed by atoms with Gasteiger partial charge in [0.15, 0.2) is 0 Å². The van der Waals surface area contributed by atoms with Crippen LogP contribution in [0.1, 0.15) is 18.3 Å². The summed E-state index contributed by atoms with van der Waals surface area (Å²) in [6, 6.07) is 76.0. The number of hydrogen-bond acceptors (Lipinski definition) is 1. The minimum absolute atomic E-state index is 0.860. The molecule has 1 heterocycles. The average Bonchev–Trinajstić information content (AvgIpc) is 3.71. The Hall–Kier alpha value is -7.81. The first-order valence-electron chi connectivity index (χ1n) is 21.7. The normalized spacial score (nSPS) is 11.8. The fourth-order valence-corrected chi connectivity index (χ4v) is 10.1. The standard InChI is InChI=1S/C60H42N2/c1-3-57-61-55-37-46(31-35-56(55)62(57)47-16-5-4-6-17-47)49-34-33-48(51-18-7-8-19-52(49)51)40-24-22-39(23-25-40)44-30-32-50-45(36-44)29-28-42-14-10-20-53(59(42)50)54-21-11-15-43-27-26-41-13-9-12-38(2)58(41)60(43)54/h4-37H,3H2,1-2H3. The van der Waals surface area contributed by atoms with Gasteiger partial charge >= 0.3 is 0 Å². The highest BCUT2D eigenvalue weighted by Gasteiger charge is 2.17. The van der Waals surface area contributed by atoms with Gasteiger partial charge in [-0.3, -0.25) is 4.57 Å². The first-order valence-corrected chi connectivity index (χ1v) is 21.7. The van der Waals surface area contributed by atoms with Crippen molar-refractivity contribution in [1.29, 1.82) is 0 Å². The Morgan fingerprint density at radius 2 is 0.968 bits per heavy atom. The Labute approximate surface area is 361 Å². The van der Waals surface area contributed by atoms with Gasteiger partial charge in [0, 0.05) is 12.1 Å². The number of imidazole rings is 1. The highest BCUT2D eigenvalue weighted by atomic mass is 15.1. The molecular weight excluding hydrogens is 749 g/mol. The summed E-state index contributed by atoms with van der Waals surface area (Å²) in [6.07, 6.45) is 0.860. The molecule has 0 aliphatic rings. The Morgan fingerprint density at radius 1 is 0.387 bits per heavy atom. The molecule has 0 radical (unpaired) electrons. The van der Waals surface area contributed by atoms with E-state index < -0.39 is 0 Å². The largest absolute Gasteiger partial charge is 0.296 e. The molecule has 1 aromatic heterocycles. The molecule has 0 spiro atoms. The molecule has 11 aromatic carbocycles. The van der Waals surface area contributed by atoms with E-state index in [0.29, 0.717) is 0 Å². The van der Waals surface area contributed by atoms with E-state index >= 15 is 0 Å². The highest BCUT2D eigenvalue weighted by molar-refractivity contribution is 6.21. The molecule has 0 fully saturated rings. The molecule has 0 aliphatic heterocycles. The topological polar surface area (TPSA) is 17.8 Å². The van der Waals surface area contributed by atoms with E-state index in [0.717, 1.165) is 29.0 Å². The van der Waals surface area contributed by atoms with Crippen LogP contribution in [0, 0.1) is 6.92 Å². The van der Waals surface area contributed by atoms with Crippen molar-refractivity contribution >= 4 is 64.9 Å². The zero-order valence-corrected chi connectivity index (χ0v) is 34.7. The Kier molecular flexibility index (Phi) is 8.40. The second-order valence-electron chi connectivity index (χ2n) is 16.6. The molecule has 292 valence electrons. The number of aromatic nitrogens is 2. The van der Waals surface area contributed by atoms with Gasteiger partial charge in [-0.2, -0.15) is 0 Å². The quantitative estimate of drug-likeness (QED) is 0.153. The van der Waals surface area contributed by atoms with Crippen LogP contribution in [0.5, 0.6) is 0 Å². The molecule has 12 rings (SSSR count). The molecule has 0 saturated heterocycles. The van der Waals surface area contributed by atoms with Crippen LogP contribution in [0.3, 0.4) is 0 Å². The van der Waals surface area contributed by atoms with E-state index in [4.69, 9.17) is 4.98 Å². The summed E-state index contributed by atoms with van der Waals surface area (Å²) < 4.78 is 2.29. The maximum absolute atomic E-state index is 5.10. The van der Waals surface area contributed by atoms with Gasteiger partial charge in [-0.25, -0.2) is 4.98 Å². The fourth-order valence-electron chi connectivity index (χ4n) is 10.1. The minimum atomic E-state index is 0.860. The summed E-state index contributed by atoms with van der Waals surface area (Å²) in [7, 11) is 0. The Balaban J connectivity index is 0.909. The lowest BCUT2D eigenvalue weighted by atomic mass is 9.88. The number of para-hydroxylation sites is 1. The third-order valence-corrected chi connectivity index (χ3v) is 13.1. The number of benzene rings is 11. The van der Waals surface area contributed by atoms with Gasteiger partial charge in [0.05, 0.1) is 11.0 Å². The summed E-state index contributed by atoms with van der Waals surface area (Å²) in [5.41, 5.74) is 14.4. The van der Waals surface area contributed by atoms with Gasteiger partial charge in [0.1, 0.15) is 5.82 Å². The summed E-state index contributed by atoms with van der Waals surface area (Å²) in [5, 5.41) is 12.8. The minimum Gasteiger partial charge on any atom is -0.296 e. The van der Waals surface area contributed by atoms with E-state index in [1.807, 2.05) is 0 Å². The molecule has 0 amide bonds. The lowest BCUT2D eigenvalue weighted by Gasteiger charge is -2.16. The first kappa shape index (κ1) is 36.1. The molecular formula is C60H42N2. The van der Waals surface area contributed by atoms with Crippen molar-refractivity contribution in [2.24, 2.45) is 0 Å². The van der Waals surface area contributed by atoms with Crippen molar-refractivity contribution in [2.75, 3.05) is 0 Å². The van der Waals surface area contributed by atoms with Crippen molar-refractivity contribution in [1.82, 2.24) is 9.55 Å². The molecule has 2 nitrogen and oxygen atoms in total. The van der Waals surface area contributed by atoms with Crippen LogP contribution in [0.4, 0.5) is 0 Å². The number of fused-ring (bicyclic) bond motifs is 8. The Bertz CT molecular complexity index is 3720. The van der Waals surface area contributed by atoms with E-state index in [1.54, 1.807) is 0 Å². The van der Waals surface area contributed by atoms with Gasteiger partial charge in [0.25, 0.3) is 0 Å². The molecule has 62 heavy (non-hydrogen) atoms. The molecule has 2 heteroatoms. The van der Waals surface area contributed by atoms with Gasteiger partial charge in [-0.15, -0.1) is 0 Å². The number of aryl methyl sites for hydroxylation is 2. The second kappa shape index (κ2) is 14.4. The molecule has 0 aliphatic carbocycles. The summed E-state index contributed by atoms with van der Waals surface area (Å²) >= 11 is 0. The highest BCUT2D eigenvalue weighted by Crippen LogP contribution is 2.42. The molecule has 0 unspecified atom stereocenters. The number of rotatable bonds is 6. The van der Waals surface area contributed by atoms with E-state index in [-0.39, 0.29) is 0 Å². The number of nitrogens with zero attached hydrogens (tertiary/aromatic N) is 2. The third kappa shape index (κ3) is 5.75. The summed E-state index contributed by atoms with van der Waals surface area (Å²) in [6.45, 7) is 4.41. The van der Waals surface area contributed by atoms with Crippen LogP contribution in [-0.4, -0.2) is 9.55 Å². The van der Waals surface area contributed by atoms with Crippen LogP contribution in [0.15, 0.2) is 206 Å². The Morgan fingerprint density at radius 3 is 1.69 bits per heavy atom. The van der Waals surface area contributed by atoms with Crippen LogP contribution < -0.4 is 0 Å². The lowest BCUT2D eigenvalue weighted by molar-refractivity contribution is 0.908. The van der Waals surface area contributed by atoms with Crippen LogP contribution in [0.2, 0.25) is 0 Å². The SMILES string of the molecule is CCc1nc2cc(-c3ccc(-c4ccc(-c5ccc6c(ccc7cccc(-c8cccc9ccc%10cccc(C)c%10c89)c76)c5)cc4)c4ccccc34)ccc2n1-c1ccccc1. The van der Waals surface area contributed by atoms with Gasteiger partial charge in [0.2, 0.25) is 0 Å². The zero-order valence-electron chi connectivity index (χ0n) is 34.7. The predicted octanol–water partition coefficient (Wildman–Crippen LogP) is 16.3. The lowest BCUT2D eigenvalue weighted by Crippen LogP contribution is -1.99. The smallest absolute Gasteiger partial charge is 0.114 e. The maximum Gasteiger partial charge on any atom is 0.114 e.